The van der Waals surface area contributed by atoms with Gasteiger partial charge < -0.3 is 9.47 Å². The van der Waals surface area contributed by atoms with E-state index in [1.807, 2.05) is 31.1 Å². The summed E-state index contributed by atoms with van der Waals surface area (Å²) < 4.78 is 10.4. The fourth-order valence-electron chi connectivity index (χ4n) is 1.51. The highest BCUT2D eigenvalue weighted by molar-refractivity contribution is 5.44. The van der Waals surface area contributed by atoms with Crippen molar-refractivity contribution in [2.24, 2.45) is 0 Å². The Hall–Kier alpha value is -1.73. The zero-order valence-corrected chi connectivity index (χ0v) is 10.0. The number of ether oxygens (including phenoxy) is 2. The molecule has 4 nitrogen and oxygen atoms in total. The van der Waals surface area contributed by atoms with Crippen molar-refractivity contribution in [1.82, 2.24) is 4.90 Å². The molecule has 0 amide bonds. The molecule has 0 N–H and O–H groups in total. The molecule has 0 bridgehead atoms. The van der Waals surface area contributed by atoms with Gasteiger partial charge in [0, 0.05) is 11.6 Å². The Morgan fingerprint density at radius 3 is 2.38 bits per heavy atom. The molecule has 0 aliphatic carbocycles. The van der Waals surface area contributed by atoms with Gasteiger partial charge in [0.15, 0.2) is 0 Å². The van der Waals surface area contributed by atoms with E-state index in [4.69, 9.17) is 14.7 Å². The van der Waals surface area contributed by atoms with Gasteiger partial charge in [0.2, 0.25) is 0 Å². The molecule has 0 radical (unpaired) electrons. The molecule has 1 unspecified atom stereocenters. The van der Waals surface area contributed by atoms with Gasteiger partial charge in [0.05, 0.1) is 20.3 Å². The molecule has 0 aromatic heterocycles. The van der Waals surface area contributed by atoms with Gasteiger partial charge in [-0.15, -0.1) is 0 Å². The number of methoxy groups -OCH3 is 2. The van der Waals surface area contributed by atoms with Gasteiger partial charge in [-0.3, -0.25) is 4.90 Å². The zero-order valence-electron chi connectivity index (χ0n) is 10.0. The quantitative estimate of drug-likeness (QED) is 0.776. The SMILES string of the molecule is COc1ccc(C(C#N)N(C)C)c(OC)c1. The number of rotatable bonds is 4. The lowest BCUT2D eigenvalue weighted by molar-refractivity contribution is 0.337. The number of nitrogens with zero attached hydrogens (tertiary/aromatic N) is 2. The summed E-state index contributed by atoms with van der Waals surface area (Å²) in [5, 5.41) is 9.12. The van der Waals surface area contributed by atoms with E-state index >= 15 is 0 Å². The van der Waals surface area contributed by atoms with Crippen LogP contribution in [0.2, 0.25) is 0 Å². The molecule has 0 heterocycles. The van der Waals surface area contributed by atoms with E-state index in [0.717, 1.165) is 11.3 Å². The smallest absolute Gasteiger partial charge is 0.128 e. The van der Waals surface area contributed by atoms with Gasteiger partial charge >= 0.3 is 0 Å². The first kappa shape index (κ1) is 12.3. The topological polar surface area (TPSA) is 45.5 Å². The number of benzene rings is 1. The molecule has 1 rings (SSSR count). The molecule has 0 saturated heterocycles. The minimum absolute atomic E-state index is 0.319. The van der Waals surface area contributed by atoms with E-state index in [9.17, 15) is 0 Å². The Labute approximate surface area is 96.0 Å². The predicted octanol–water partition coefficient (Wildman–Crippen LogP) is 1.83. The molecular weight excluding hydrogens is 204 g/mol. The van der Waals surface area contributed by atoms with Gasteiger partial charge in [-0.05, 0) is 26.2 Å². The monoisotopic (exact) mass is 220 g/mol. The van der Waals surface area contributed by atoms with Crippen LogP contribution in [0.25, 0.3) is 0 Å². The molecule has 1 aromatic carbocycles. The molecule has 0 aliphatic rings. The van der Waals surface area contributed by atoms with Crippen LogP contribution in [0.4, 0.5) is 0 Å². The zero-order chi connectivity index (χ0) is 12.1. The van der Waals surface area contributed by atoms with Crippen molar-refractivity contribution in [3.05, 3.63) is 23.8 Å². The van der Waals surface area contributed by atoms with Crippen LogP contribution in [0.3, 0.4) is 0 Å². The number of hydrogen-bond donors (Lipinski definition) is 0. The largest absolute Gasteiger partial charge is 0.497 e. The maximum absolute atomic E-state index is 9.12. The first-order chi connectivity index (χ1) is 7.63. The van der Waals surface area contributed by atoms with Crippen LogP contribution in [0.5, 0.6) is 11.5 Å². The molecule has 0 spiro atoms. The Morgan fingerprint density at radius 2 is 1.94 bits per heavy atom. The van der Waals surface area contributed by atoms with Crippen molar-refractivity contribution in [3.63, 3.8) is 0 Å². The molecule has 4 heteroatoms. The highest BCUT2D eigenvalue weighted by atomic mass is 16.5. The second-order valence-corrected chi connectivity index (χ2v) is 3.60. The standard InChI is InChI=1S/C12H16N2O2/c1-14(2)11(8-13)10-6-5-9(15-3)7-12(10)16-4/h5-7,11H,1-4H3. The second kappa shape index (κ2) is 5.38. The Morgan fingerprint density at radius 1 is 1.25 bits per heavy atom. The predicted molar refractivity (Wildman–Crippen MR) is 61.6 cm³/mol. The highest BCUT2D eigenvalue weighted by Gasteiger charge is 2.18. The normalized spacial score (nSPS) is 12.0. The summed E-state index contributed by atoms with van der Waals surface area (Å²) in [6.45, 7) is 0. The molecular formula is C12H16N2O2. The van der Waals surface area contributed by atoms with E-state index in [2.05, 4.69) is 6.07 Å². The lowest BCUT2D eigenvalue weighted by atomic mass is 10.1. The van der Waals surface area contributed by atoms with E-state index in [1.54, 1.807) is 20.3 Å². The van der Waals surface area contributed by atoms with Gasteiger partial charge in [-0.1, -0.05) is 0 Å². The van der Waals surface area contributed by atoms with Crippen molar-refractivity contribution in [1.29, 1.82) is 5.26 Å². The maximum atomic E-state index is 9.12. The van der Waals surface area contributed by atoms with Crippen molar-refractivity contribution in [2.45, 2.75) is 6.04 Å². The first-order valence-corrected chi connectivity index (χ1v) is 4.92. The fourth-order valence-corrected chi connectivity index (χ4v) is 1.51. The van der Waals surface area contributed by atoms with Crippen LogP contribution in [0.1, 0.15) is 11.6 Å². The Bertz CT molecular complexity index is 396. The molecule has 0 saturated carbocycles. The maximum Gasteiger partial charge on any atom is 0.128 e. The summed E-state index contributed by atoms with van der Waals surface area (Å²) in [5.41, 5.74) is 0.843. The summed E-state index contributed by atoms with van der Waals surface area (Å²) in [5.74, 6) is 1.38. The Kier molecular flexibility index (Phi) is 4.15. The van der Waals surface area contributed by atoms with Gasteiger partial charge in [0.25, 0.3) is 0 Å². The highest BCUT2D eigenvalue weighted by Crippen LogP contribution is 2.31. The summed E-state index contributed by atoms with van der Waals surface area (Å²) in [7, 11) is 6.90. The third kappa shape index (κ3) is 2.44. The van der Waals surface area contributed by atoms with Crippen molar-refractivity contribution < 1.29 is 9.47 Å². The van der Waals surface area contributed by atoms with Crippen LogP contribution >= 0.6 is 0 Å². The molecule has 1 aromatic rings. The molecule has 16 heavy (non-hydrogen) atoms. The summed E-state index contributed by atoms with van der Waals surface area (Å²) in [4.78, 5) is 1.84. The van der Waals surface area contributed by atoms with Crippen LogP contribution in [0.15, 0.2) is 18.2 Å². The third-order valence-electron chi connectivity index (χ3n) is 2.37. The van der Waals surface area contributed by atoms with E-state index in [-0.39, 0.29) is 6.04 Å². The molecule has 0 aliphatic heterocycles. The van der Waals surface area contributed by atoms with Crippen LogP contribution in [0, 0.1) is 11.3 Å². The summed E-state index contributed by atoms with van der Waals surface area (Å²) >= 11 is 0. The van der Waals surface area contributed by atoms with Crippen LogP contribution in [-0.2, 0) is 0 Å². The number of nitriles is 1. The summed E-state index contributed by atoms with van der Waals surface area (Å²) in [6, 6.07) is 7.38. The van der Waals surface area contributed by atoms with Gasteiger partial charge in [-0.2, -0.15) is 5.26 Å². The van der Waals surface area contributed by atoms with Crippen molar-refractivity contribution in [2.75, 3.05) is 28.3 Å². The van der Waals surface area contributed by atoms with Crippen molar-refractivity contribution in [3.8, 4) is 17.6 Å². The fraction of sp³-hybridized carbons (Fsp3) is 0.417. The molecule has 0 fully saturated rings. The number of hydrogen-bond acceptors (Lipinski definition) is 4. The summed E-state index contributed by atoms with van der Waals surface area (Å²) in [6.07, 6.45) is 0. The van der Waals surface area contributed by atoms with E-state index < -0.39 is 0 Å². The molecule has 86 valence electrons. The van der Waals surface area contributed by atoms with Gasteiger partial charge in [0.1, 0.15) is 17.5 Å². The minimum Gasteiger partial charge on any atom is -0.497 e. The van der Waals surface area contributed by atoms with E-state index in [1.165, 1.54) is 0 Å². The third-order valence-corrected chi connectivity index (χ3v) is 2.37. The second-order valence-electron chi connectivity index (χ2n) is 3.60. The first-order valence-electron chi connectivity index (χ1n) is 4.92. The average molecular weight is 220 g/mol. The van der Waals surface area contributed by atoms with Crippen LogP contribution < -0.4 is 9.47 Å². The molecule has 1 atom stereocenters. The lowest BCUT2D eigenvalue weighted by Gasteiger charge is -2.20. The van der Waals surface area contributed by atoms with Gasteiger partial charge in [-0.25, -0.2) is 0 Å². The minimum atomic E-state index is -0.319. The van der Waals surface area contributed by atoms with Crippen molar-refractivity contribution >= 4 is 0 Å². The lowest BCUT2D eigenvalue weighted by Crippen LogP contribution is -2.18. The van der Waals surface area contributed by atoms with E-state index in [0.29, 0.717) is 5.75 Å². The average Bonchev–Trinajstić information content (AvgIpc) is 2.29. The van der Waals surface area contributed by atoms with Crippen LogP contribution in [-0.4, -0.2) is 33.2 Å². The Balaban J connectivity index is 3.18.